The lowest BCUT2D eigenvalue weighted by Crippen LogP contribution is -2.44. The number of piperazine rings is 1. The topological polar surface area (TPSA) is 117 Å². The third-order valence-corrected chi connectivity index (χ3v) is 7.57. The van der Waals surface area contributed by atoms with Crippen LogP contribution in [0, 0.1) is 0 Å². The van der Waals surface area contributed by atoms with Crippen LogP contribution in [0.4, 0.5) is 34.5 Å². The van der Waals surface area contributed by atoms with Crippen molar-refractivity contribution in [1.82, 2.24) is 30.0 Å². The number of likely N-dealkylation sites (N-methyl/N-ethyl adjacent to an activating group) is 2. The number of H-pyrrole nitrogens is 1. The highest BCUT2D eigenvalue weighted by Gasteiger charge is 2.19. The van der Waals surface area contributed by atoms with Crippen molar-refractivity contribution in [3.05, 3.63) is 91.0 Å². The molecular formula is C34H38N10O. The number of amides is 1. The Kier molecular flexibility index (Phi) is 8.99. The van der Waals surface area contributed by atoms with Crippen molar-refractivity contribution in [2.24, 2.45) is 0 Å². The van der Waals surface area contributed by atoms with E-state index in [2.05, 4.69) is 55.1 Å². The Morgan fingerprint density at radius 1 is 0.889 bits per heavy atom. The van der Waals surface area contributed by atoms with Crippen molar-refractivity contribution in [2.75, 3.05) is 74.7 Å². The molecule has 0 spiro atoms. The average Bonchev–Trinajstić information content (AvgIpc) is 3.44. The van der Waals surface area contributed by atoms with Gasteiger partial charge in [-0.05, 0) is 63.6 Å². The van der Waals surface area contributed by atoms with Gasteiger partial charge < -0.3 is 30.7 Å². The molecule has 0 saturated carbocycles. The molecule has 1 aliphatic rings. The zero-order chi connectivity index (χ0) is 31.2. The molecule has 0 aliphatic carbocycles. The van der Waals surface area contributed by atoms with Gasteiger partial charge in [-0.1, -0.05) is 42.5 Å². The Labute approximate surface area is 263 Å². The van der Waals surface area contributed by atoms with E-state index in [0.717, 1.165) is 54.2 Å². The maximum atomic E-state index is 12.6. The number of carbonyl (C=O) groups is 1. The fourth-order valence-electron chi connectivity index (χ4n) is 5.22. The van der Waals surface area contributed by atoms with Gasteiger partial charge in [0.15, 0.2) is 11.5 Å². The number of rotatable bonds is 10. The average molecular weight is 603 g/mol. The van der Waals surface area contributed by atoms with Gasteiger partial charge in [0.25, 0.3) is 0 Å². The monoisotopic (exact) mass is 602 g/mol. The number of aromatic nitrogens is 4. The molecule has 1 fully saturated rings. The van der Waals surface area contributed by atoms with Gasteiger partial charge in [0.1, 0.15) is 0 Å². The lowest BCUT2D eigenvalue weighted by molar-refractivity contribution is -0.111. The Morgan fingerprint density at radius 2 is 1.64 bits per heavy atom. The van der Waals surface area contributed by atoms with Crippen molar-refractivity contribution in [2.45, 2.75) is 0 Å². The second-order valence-corrected chi connectivity index (χ2v) is 11.4. The number of nitrogens with zero attached hydrogens (tertiary/aromatic N) is 6. The van der Waals surface area contributed by atoms with Crippen LogP contribution < -0.4 is 20.9 Å². The number of para-hydroxylation sites is 1. The molecular weight excluding hydrogens is 564 g/mol. The van der Waals surface area contributed by atoms with E-state index in [0.29, 0.717) is 35.3 Å². The van der Waals surface area contributed by atoms with Crippen LogP contribution in [0.2, 0.25) is 0 Å². The Hall–Kier alpha value is -5.26. The van der Waals surface area contributed by atoms with E-state index in [1.165, 1.54) is 0 Å². The van der Waals surface area contributed by atoms with Crippen LogP contribution in [0.1, 0.15) is 0 Å². The number of fused-ring (bicyclic) bond motifs is 1. The summed E-state index contributed by atoms with van der Waals surface area (Å²) in [6.45, 7) is 4.71. The predicted molar refractivity (Wildman–Crippen MR) is 183 cm³/mol. The van der Waals surface area contributed by atoms with Gasteiger partial charge in [-0.3, -0.25) is 9.89 Å². The van der Waals surface area contributed by atoms with Crippen LogP contribution in [0.25, 0.3) is 22.3 Å². The van der Waals surface area contributed by atoms with Gasteiger partial charge in [0.05, 0.1) is 11.1 Å². The molecule has 3 aromatic carbocycles. The smallest absolute Gasteiger partial charge is 0.248 e. The first kappa shape index (κ1) is 29.8. The number of hydrogen-bond donors (Lipinski definition) is 4. The van der Waals surface area contributed by atoms with Crippen molar-refractivity contribution >= 4 is 51.5 Å². The summed E-state index contributed by atoms with van der Waals surface area (Å²) in [4.78, 5) is 29.1. The Balaban J connectivity index is 1.34. The maximum Gasteiger partial charge on any atom is 0.248 e. The zero-order valence-corrected chi connectivity index (χ0v) is 25.8. The number of anilines is 6. The van der Waals surface area contributed by atoms with E-state index >= 15 is 0 Å². The van der Waals surface area contributed by atoms with E-state index in [-0.39, 0.29) is 5.91 Å². The summed E-state index contributed by atoms with van der Waals surface area (Å²) < 4.78 is 0. The number of carbonyl (C=O) groups excluding carboxylic acids is 1. The van der Waals surface area contributed by atoms with Crippen LogP contribution >= 0.6 is 0 Å². The van der Waals surface area contributed by atoms with Crippen LogP contribution in [0.15, 0.2) is 91.0 Å². The molecule has 230 valence electrons. The van der Waals surface area contributed by atoms with E-state index in [1.807, 2.05) is 91.8 Å². The molecule has 45 heavy (non-hydrogen) atoms. The third kappa shape index (κ3) is 7.46. The predicted octanol–water partition coefficient (Wildman–Crippen LogP) is 5.32. The highest BCUT2D eigenvalue weighted by molar-refractivity contribution is 6.02. The van der Waals surface area contributed by atoms with Crippen molar-refractivity contribution in [3.8, 4) is 11.3 Å². The SMILES string of the molecule is CN(C)C/C=C/C(=O)Nc1cccc(-c2nc(Nc3cccc(N4CCN(C)CC4)c3)nc3[nH]nc(Nc4ccccc4)c23)c1. The zero-order valence-electron chi connectivity index (χ0n) is 25.8. The second kappa shape index (κ2) is 13.6. The van der Waals surface area contributed by atoms with Gasteiger partial charge in [0.2, 0.25) is 11.9 Å². The summed E-state index contributed by atoms with van der Waals surface area (Å²) in [6, 6.07) is 25.8. The van der Waals surface area contributed by atoms with E-state index < -0.39 is 0 Å². The molecule has 4 N–H and O–H groups in total. The van der Waals surface area contributed by atoms with Crippen LogP contribution in [-0.4, -0.2) is 89.7 Å². The number of hydrogen-bond acceptors (Lipinski definition) is 9. The molecule has 11 heteroatoms. The second-order valence-electron chi connectivity index (χ2n) is 11.4. The maximum absolute atomic E-state index is 12.6. The third-order valence-electron chi connectivity index (χ3n) is 7.57. The first-order valence-corrected chi connectivity index (χ1v) is 15.0. The summed E-state index contributed by atoms with van der Waals surface area (Å²) in [5.74, 6) is 0.846. The molecule has 6 rings (SSSR count). The van der Waals surface area contributed by atoms with E-state index in [1.54, 1.807) is 6.08 Å². The molecule has 0 unspecified atom stereocenters. The first-order valence-electron chi connectivity index (χ1n) is 15.0. The lowest BCUT2D eigenvalue weighted by atomic mass is 10.1. The molecule has 3 heterocycles. The summed E-state index contributed by atoms with van der Waals surface area (Å²) in [7, 11) is 6.07. The lowest BCUT2D eigenvalue weighted by Gasteiger charge is -2.34. The summed E-state index contributed by atoms with van der Waals surface area (Å²) in [5.41, 5.74) is 5.67. The number of aromatic amines is 1. The summed E-state index contributed by atoms with van der Waals surface area (Å²) in [6.07, 6.45) is 3.38. The fourth-order valence-corrected chi connectivity index (χ4v) is 5.22. The van der Waals surface area contributed by atoms with Crippen molar-refractivity contribution in [1.29, 1.82) is 0 Å². The number of benzene rings is 3. The highest BCUT2D eigenvalue weighted by Crippen LogP contribution is 2.34. The van der Waals surface area contributed by atoms with Crippen LogP contribution in [0.5, 0.6) is 0 Å². The van der Waals surface area contributed by atoms with Crippen LogP contribution in [0.3, 0.4) is 0 Å². The minimum atomic E-state index is -0.195. The molecule has 0 atom stereocenters. The van der Waals surface area contributed by atoms with E-state index in [9.17, 15) is 4.79 Å². The van der Waals surface area contributed by atoms with Gasteiger partial charge in [-0.15, -0.1) is 0 Å². The Bertz CT molecular complexity index is 1790. The highest BCUT2D eigenvalue weighted by atomic mass is 16.1. The van der Waals surface area contributed by atoms with Crippen LogP contribution in [-0.2, 0) is 4.79 Å². The molecule has 11 nitrogen and oxygen atoms in total. The van der Waals surface area contributed by atoms with Crippen molar-refractivity contribution in [3.63, 3.8) is 0 Å². The van der Waals surface area contributed by atoms with Crippen molar-refractivity contribution < 1.29 is 4.79 Å². The molecule has 2 aromatic heterocycles. The minimum absolute atomic E-state index is 0.195. The van der Waals surface area contributed by atoms with Gasteiger partial charge >= 0.3 is 0 Å². The summed E-state index contributed by atoms with van der Waals surface area (Å²) >= 11 is 0. The number of nitrogens with one attached hydrogen (secondary N) is 4. The van der Waals surface area contributed by atoms with Gasteiger partial charge in [0, 0.05) is 67.1 Å². The molecule has 0 bridgehead atoms. The Morgan fingerprint density at radius 3 is 2.44 bits per heavy atom. The molecule has 1 saturated heterocycles. The molecule has 5 aromatic rings. The minimum Gasteiger partial charge on any atom is -0.369 e. The largest absolute Gasteiger partial charge is 0.369 e. The fraction of sp³-hybridized carbons (Fsp3) is 0.235. The van der Waals surface area contributed by atoms with Gasteiger partial charge in [-0.2, -0.15) is 10.1 Å². The standard InChI is InChI=1S/C34H38N10O/c1-42(2)17-9-16-29(45)35-26-13-7-10-24(22-26)31-30-32(36-25-11-5-4-6-12-25)40-41-33(30)39-34(38-31)37-27-14-8-15-28(23-27)44-20-18-43(3)19-21-44/h4-16,22-23H,17-21H2,1-3H3,(H,35,45)(H3,36,37,38,39,40,41)/b16-9+. The van der Waals surface area contributed by atoms with E-state index in [4.69, 9.17) is 9.97 Å². The van der Waals surface area contributed by atoms with Gasteiger partial charge in [-0.25, -0.2) is 4.98 Å². The quantitative estimate of drug-likeness (QED) is 0.158. The molecule has 0 radical (unpaired) electrons. The normalized spacial score (nSPS) is 13.9. The molecule has 1 amide bonds. The molecule has 1 aliphatic heterocycles. The summed E-state index contributed by atoms with van der Waals surface area (Å²) in [5, 5.41) is 18.2. The first-order chi connectivity index (χ1) is 21.9.